The fourth-order valence-electron chi connectivity index (χ4n) is 1.51. The second-order valence-corrected chi connectivity index (χ2v) is 4.01. The van der Waals surface area contributed by atoms with Crippen LogP contribution in [0.5, 0.6) is 11.5 Å². The topological polar surface area (TPSA) is 52.4 Å². The van der Waals surface area contributed by atoms with Gasteiger partial charge >= 0.3 is 0 Å². The number of benzene rings is 2. The van der Waals surface area contributed by atoms with Crippen LogP contribution in [-0.4, -0.2) is 4.92 Å². The smallest absolute Gasteiger partial charge is 0.269 e. The fraction of sp³-hybridized carbons (Fsp3) is 0.0769. The van der Waals surface area contributed by atoms with Crippen molar-refractivity contribution in [2.24, 2.45) is 0 Å². The number of alkyl halides is 1. The van der Waals surface area contributed by atoms with Gasteiger partial charge in [-0.25, -0.2) is 4.39 Å². The number of non-ortho nitro benzene ring substituents is 1. The summed E-state index contributed by atoms with van der Waals surface area (Å²) in [5.74, 6) is 0.556. The molecule has 0 N–H and O–H groups in total. The van der Waals surface area contributed by atoms with E-state index in [1.807, 2.05) is 0 Å². The van der Waals surface area contributed by atoms with Crippen molar-refractivity contribution in [1.82, 2.24) is 0 Å². The molecule has 0 aliphatic heterocycles. The van der Waals surface area contributed by atoms with Crippen LogP contribution in [-0.2, 0) is 5.88 Å². The zero-order valence-electron chi connectivity index (χ0n) is 9.68. The standard InChI is InChI=1S/C13H9ClFNO3/c14-8-9-7-10(15)1-6-13(9)19-12-4-2-11(3-5-12)16(17)18/h1-7H,8H2. The molecule has 0 amide bonds. The molecule has 0 aromatic heterocycles. The monoisotopic (exact) mass is 281 g/mol. The van der Waals surface area contributed by atoms with Crippen LogP contribution in [0, 0.1) is 15.9 Å². The SMILES string of the molecule is O=[N+]([O-])c1ccc(Oc2ccc(F)cc2CCl)cc1. The highest BCUT2D eigenvalue weighted by Crippen LogP contribution is 2.28. The molecule has 0 radical (unpaired) electrons. The van der Waals surface area contributed by atoms with Crippen molar-refractivity contribution < 1.29 is 14.1 Å². The summed E-state index contributed by atoms with van der Waals surface area (Å²) in [6.07, 6.45) is 0. The van der Waals surface area contributed by atoms with Gasteiger partial charge in [0.2, 0.25) is 0 Å². The Labute approximate surface area is 113 Å². The van der Waals surface area contributed by atoms with Gasteiger partial charge in [0.25, 0.3) is 5.69 Å². The van der Waals surface area contributed by atoms with Crippen LogP contribution in [0.3, 0.4) is 0 Å². The molecule has 0 fully saturated rings. The number of halogens is 2. The fourth-order valence-corrected chi connectivity index (χ4v) is 1.72. The third-order valence-electron chi connectivity index (χ3n) is 2.44. The van der Waals surface area contributed by atoms with Crippen LogP contribution in [0.2, 0.25) is 0 Å². The Balaban J connectivity index is 2.23. The summed E-state index contributed by atoms with van der Waals surface area (Å²) in [6, 6.07) is 9.62. The minimum absolute atomic E-state index is 0.0241. The lowest BCUT2D eigenvalue weighted by Crippen LogP contribution is -1.92. The molecule has 0 atom stereocenters. The number of nitro groups is 1. The van der Waals surface area contributed by atoms with Gasteiger partial charge in [-0.05, 0) is 30.3 Å². The largest absolute Gasteiger partial charge is 0.457 e. The van der Waals surface area contributed by atoms with Crippen molar-refractivity contribution in [2.75, 3.05) is 0 Å². The van der Waals surface area contributed by atoms with Crippen molar-refractivity contribution in [3.63, 3.8) is 0 Å². The molecule has 0 heterocycles. The summed E-state index contributed by atoms with van der Waals surface area (Å²) in [4.78, 5) is 10.0. The number of ether oxygens (including phenoxy) is 1. The maximum atomic E-state index is 13.0. The van der Waals surface area contributed by atoms with Crippen molar-refractivity contribution in [2.45, 2.75) is 5.88 Å². The van der Waals surface area contributed by atoms with E-state index >= 15 is 0 Å². The summed E-state index contributed by atoms with van der Waals surface area (Å²) >= 11 is 5.70. The first kappa shape index (κ1) is 13.3. The first-order valence-electron chi connectivity index (χ1n) is 5.37. The van der Waals surface area contributed by atoms with Gasteiger partial charge in [-0.15, -0.1) is 11.6 Å². The Morgan fingerprint density at radius 3 is 2.47 bits per heavy atom. The van der Waals surface area contributed by atoms with Gasteiger partial charge in [0.15, 0.2) is 0 Å². The van der Waals surface area contributed by atoms with Gasteiger partial charge in [0, 0.05) is 17.7 Å². The highest BCUT2D eigenvalue weighted by molar-refractivity contribution is 6.17. The molecule has 0 spiro atoms. The Bertz CT molecular complexity index is 601. The molecule has 4 nitrogen and oxygen atoms in total. The second kappa shape index (κ2) is 5.67. The molecule has 0 aliphatic carbocycles. The summed E-state index contributed by atoms with van der Waals surface area (Å²) in [7, 11) is 0. The van der Waals surface area contributed by atoms with Crippen molar-refractivity contribution >= 4 is 17.3 Å². The minimum Gasteiger partial charge on any atom is -0.457 e. The predicted molar refractivity (Wildman–Crippen MR) is 69.1 cm³/mol. The molecule has 0 saturated heterocycles. The van der Waals surface area contributed by atoms with Gasteiger partial charge < -0.3 is 4.74 Å². The van der Waals surface area contributed by atoms with E-state index in [1.165, 1.54) is 42.5 Å². The zero-order chi connectivity index (χ0) is 13.8. The number of nitrogens with zero attached hydrogens (tertiary/aromatic N) is 1. The number of nitro benzene ring substituents is 1. The molecule has 2 rings (SSSR count). The van der Waals surface area contributed by atoms with Crippen LogP contribution < -0.4 is 4.74 Å². The van der Waals surface area contributed by atoms with Gasteiger partial charge in [-0.1, -0.05) is 0 Å². The Kier molecular flexibility index (Phi) is 3.97. The Morgan fingerprint density at radius 1 is 1.21 bits per heavy atom. The molecule has 2 aromatic rings. The van der Waals surface area contributed by atoms with Crippen LogP contribution in [0.4, 0.5) is 10.1 Å². The van der Waals surface area contributed by atoms with E-state index in [0.29, 0.717) is 17.1 Å². The summed E-state index contributed by atoms with van der Waals surface area (Å²) in [6.45, 7) is 0. The van der Waals surface area contributed by atoms with Crippen LogP contribution >= 0.6 is 11.6 Å². The van der Waals surface area contributed by atoms with E-state index in [9.17, 15) is 14.5 Å². The second-order valence-electron chi connectivity index (χ2n) is 3.74. The van der Waals surface area contributed by atoms with E-state index in [0.717, 1.165) is 0 Å². The van der Waals surface area contributed by atoms with Crippen LogP contribution in [0.15, 0.2) is 42.5 Å². The Morgan fingerprint density at radius 2 is 1.89 bits per heavy atom. The molecule has 19 heavy (non-hydrogen) atoms. The molecule has 0 aliphatic rings. The molecule has 0 unspecified atom stereocenters. The van der Waals surface area contributed by atoms with E-state index < -0.39 is 10.7 Å². The predicted octanol–water partition coefficient (Wildman–Crippen LogP) is 4.27. The molecule has 2 aromatic carbocycles. The highest BCUT2D eigenvalue weighted by Gasteiger charge is 2.08. The van der Waals surface area contributed by atoms with Gasteiger partial charge in [-0.3, -0.25) is 10.1 Å². The molecule has 6 heteroatoms. The lowest BCUT2D eigenvalue weighted by Gasteiger charge is -2.09. The molecule has 98 valence electrons. The Hall–Kier alpha value is -2.14. The van der Waals surface area contributed by atoms with Gasteiger partial charge in [0.05, 0.1) is 10.8 Å². The molecule has 0 saturated carbocycles. The van der Waals surface area contributed by atoms with Crippen LogP contribution in [0.1, 0.15) is 5.56 Å². The van der Waals surface area contributed by atoms with Gasteiger partial charge in [0.1, 0.15) is 17.3 Å². The maximum Gasteiger partial charge on any atom is 0.269 e. The first-order valence-corrected chi connectivity index (χ1v) is 5.90. The van der Waals surface area contributed by atoms with Crippen molar-refractivity contribution in [1.29, 1.82) is 0 Å². The van der Waals surface area contributed by atoms with Crippen molar-refractivity contribution in [3.05, 3.63) is 64.0 Å². The average Bonchev–Trinajstić information content (AvgIpc) is 2.41. The van der Waals surface area contributed by atoms with E-state index in [1.54, 1.807) is 0 Å². The highest BCUT2D eigenvalue weighted by atomic mass is 35.5. The van der Waals surface area contributed by atoms with Crippen LogP contribution in [0.25, 0.3) is 0 Å². The van der Waals surface area contributed by atoms with E-state index in [4.69, 9.17) is 16.3 Å². The van der Waals surface area contributed by atoms with E-state index in [-0.39, 0.29) is 11.6 Å². The third-order valence-corrected chi connectivity index (χ3v) is 2.73. The molecule has 0 bridgehead atoms. The summed E-state index contributed by atoms with van der Waals surface area (Å²) in [5, 5.41) is 10.5. The van der Waals surface area contributed by atoms with E-state index in [2.05, 4.69) is 0 Å². The third kappa shape index (κ3) is 3.20. The normalized spacial score (nSPS) is 10.2. The van der Waals surface area contributed by atoms with Gasteiger partial charge in [-0.2, -0.15) is 0 Å². The quantitative estimate of drug-likeness (QED) is 0.478. The number of hydrogen-bond donors (Lipinski definition) is 0. The lowest BCUT2D eigenvalue weighted by molar-refractivity contribution is -0.384. The first-order chi connectivity index (χ1) is 9.10. The maximum absolute atomic E-state index is 13.0. The van der Waals surface area contributed by atoms with Crippen molar-refractivity contribution in [3.8, 4) is 11.5 Å². The number of hydrogen-bond acceptors (Lipinski definition) is 3. The lowest BCUT2D eigenvalue weighted by atomic mass is 10.2. The minimum atomic E-state index is -0.494. The zero-order valence-corrected chi connectivity index (χ0v) is 10.4. The molecular weight excluding hydrogens is 273 g/mol. The summed E-state index contributed by atoms with van der Waals surface area (Å²) < 4.78 is 18.5. The average molecular weight is 282 g/mol. The molecular formula is C13H9ClFNO3. The summed E-state index contributed by atoms with van der Waals surface area (Å²) in [5.41, 5.74) is 0.490. The number of rotatable bonds is 4.